The highest BCUT2D eigenvalue weighted by Gasteiger charge is 2.74. The zero-order chi connectivity index (χ0) is 23.8. The summed E-state index contributed by atoms with van der Waals surface area (Å²) < 4.78 is 11.6. The molecule has 3 aliphatic heterocycles. The number of nitrogens with zero attached hydrogens (tertiary/aromatic N) is 1. The Morgan fingerprint density at radius 2 is 1.97 bits per heavy atom. The number of fused-ring (bicyclic) bond motifs is 1. The third-order valence-corrected chi connectivity index (χ3v) is 7.39. The standard InChI is InChI=1S/C25H34N2O6/c1-4-32-24(31)18-17-11-12-25(33-17)19(18)23(30)27(13-6-5-7-14-28)21(25)22(29)26-20-15(2)9-8-10-16(20)3/h8-10,17-19,21,28H,4-7,11-14H2,1-3H3,(H,26,29)/t17-,18+,19+,21-,25+/m0/s1. The minimum Gasteiger partial charge on any atom is -0.466 e. The average molecular weight is 459 g/mol. The number of ether oxygens (including phenoxy) is 2. The Morgan fingerprint density at radius 3 is 2.64 bits per heavy atom. The monoisotopic (exact) mass is 458 g/mol. The van der Waals surface area contributed by atoms with Gasteiger partial charge < -0.3 is 24.8 Å². The first kappa shape index (κ1) is 23.7. The van der Waals surface area contributed by atoms with Crippen molar-refractivity contribution < 1.29 is 29.0 Å². The van der Waals surface area contributed by atoms with E-state index in [1.54, 1.807) is 11.8 Å². The molecule has 3 aliphatic rings. The number of rotatable bonds is 9. The number of aliphatic hydroxyl groups excluding tert-OH is 1. The molecule has 180 valence electrons. The number of aryl methyl sites for hydroxylation is 2. The van der Waals surface area contributed by atoms with Crippen LogP contribution in [0.15, 0.2) is 18.2 Å². The molecule has 0 saturated carbocycles. The minimum atomic E-state index is -1.02. The third-order valence-electron chi connectivity index (χ3n) is 7.39. The number of esters is 1. The molecule has 3 saturated heterocycles. The molecular formula is C25H34N2O6. The summed E-state index contributed by atoms with van der Waals surface area (Å²) in [6, 6.07) is 5.00. The summed E-state index contributed by atoms with van der Waals surface area (Å²) in [6.07, 6.45) is 2.83. The molecule has 3 fully saturated rings. The van der Waals surface area contributed by atoms with Gasteiger partial charge in [-0.15, -0.1) is 0 Å². The van der Waals surface area contributed by atoms with Crippen LogP contribution in [-0.2, 0) is 23.9 Å². The van der Waals surface area contributed by atoms with E-state index in [2.05, 4.69) is 5.32 Å². The van der Waals surface area contributed by atoms with E-state index in [1.807, 2.05) is 32.0 Å². The van der Waals surface area contributed by atoms with E-state index in [0.717, 1.165) is 23.2 Å². The Morgan fingerprint density at radius 1 is 1.24 bits per heavy atom. The van der Waals surface area contributed by atoms with E-state index in [9.17, 15) is 14.4 Å². The van der Waals surface area contributed by atoms with Gasteiger partial charge in [-0.2, -0.15) is 0 Å². The summed E-state index contributed by atoms with van der Waals surface area (Å²) in [4.78, 5) is 41.8. The maximum atomic E-state index is 13.8. The van der Waals surface area contributed by atoms with Crippen LogP contribution >= 0.6 is 0 Å². The highest BCUT2D eigenvalue weighted by atomic mass is 16.6. The minimum absolute atomic E-state index is 0.0900. The van der Waals surface area contributed by atoms with Gasteiger partial charge in [0.25, 0.3) is 0 Å². The van der Waals surface area contributed by atoms with Crippen LogP contribution in [0.25, 0.3) is 0 Å². The average Bonchev–Trinajstić information content (AvgIpc) is 3.41. The van der Waals surface area contributed by atoms with E-state index in [4.69, 9.17) is 14.6 Å². The number of carbonyl (C=O) groups excluding carboxylic acids is 3. The van der Waals surface area contributed by atoms with Crippen molar-refractivity contribution in [1.82, 2.24) is 4.90 Å². The van der Waals surface area contributed by atoms with E-state index >= 15 is 0 Å². The fourth-order valence-corrected chi connectivity index (χ4v) is 5.97. The molecule has 5 atom stereocenters. The maximum absolute atomic E-state index is 13.8. The van der Waals surface area contributed by atoms with Gasteiger partial charge in [-0.05, 0) is 64.0 Å². The summed E-state index contributed by atoms with van der Waals surface area (Å²) in [6.45, 7) is 6.32. The van der Waals surface area contributed by atoms with Crippen LogP contribution in [0.3, 0.4) is 0 Å². The van der Waals surface area contributed by atoms with Crippen LogP contribution in [-0.4, -0.2) is 65.3 Å². The molecule has 4 rings (SSSR count). The number of benzene rings is 1. The van der Waals surface area contributed by atoms with Crippen molar-refractivity contribution in [2.75, 3.05) is 25.1 Å². The van der Waals surface area contributed by atoms with Crippen LogP contribution in [0.1, 0.15) is 50.2 Å². The molecule has 8 heteroatoms. The van der Waals surface area contributed by atoms with E-state index in [-0.39, 0.29) is 25.0 Å². The smallest absolute Gasteiger partial charge is 0.312 e. The van der Waals surface area contributed by atoms with Gasteiger partial charge in [-0.1, -0.05) is 18.2 Å². The Bertz CT molecular complexity index is 913. The largest absolute Gasteiger partial charge is 0.466 e. The van der Waals surface area contributed by atoms with Crippen molar-refractivity contribution in [2.45, 2.75) is 70.6 Å². The van der Waals surface area contributed by atoms with Crippen molar-refractivity contribution >= 4 is 23.5 Å². The number of aliphatic hydroxyl groups is 1. The van der Waals surface area contributed by atoms with Gasteiger partial charge in [0.1, 0.15) is 11.6 Å². The molecule has 1 aromatic rings. The van der Waals surface area contributed by atoms with Crippen molar-refractivity contribution in [1.29, 1.82) is 0 Å². The summed E-state index contributed by atoms with van der Waals surface area (Å²) in [5.41, 5.74) is 1.61. The Labute approximate surface area is 194 Å². The zero-order valence-corrected chi connectivity index (χ0v) is 19.6. The van der Waals surface area contributed by atoms with Gasteiger partial charge >= 0.3 is 5.97 Å². The quantitative estimate of drug-likeness (QED) is 0.435. The molecule has 1 aromatic carbocycles. The number of hydrogen-bond donors (Lipinski definition) is 2. The normalized spacial score (nSPS) is 29.9. The van der Waals surface area contributed by atoms with Crippen LogP contribution in [0.2, 0.25) is 0 Å². The number of amides is 2. The first-order valence-corrected chi connectivity index (χ1v) is 12.0. The predicted molar refractivity (Wildman–Crippen MR) is 121 cm³/mol. The van der Waals surface area contributed by atoms with Crippen LogP contribution in [0.5, 0.6) is 0 Å². The van der Waals surface area contributed by atoms with E-state index < -0.39 is 35.6 Å². The van der Waals surface area contributed by atoms with E-state index in [1.165, 1.54) is 0 Å². The Balaban J connectivity index is 1.67. The molecule has 2 bridgehead atoms. The SMILES string of the molecule is CCOC(=O)[C@@H]1[C@@H]2CC[C@]3(O2)[C@H](C(=O)Nc2c(C)cccc2C)N(CCCCCO)C(=O)[C@@H]13. The molecule has 0 aromatic heterocycles. The molecule has 8 nitrogen and oxygen atoms in total. The second-order valence-electron chi connectivity index (χ2n) is 9.38. The van der Waals surface area contributed by atoms with E-state index in [0.29, 0.717) is 32.2 Å². The number of unbranched alkanes of at least 4 members (excludes halogenated alkanes) is 2. The van der Waals surface area contributed by atoms with Gasteiger partial charge in [0.15, 0.2) is 0 Å². The number of likely N-dealkylation sites (tertiary alicyclic amines) is 1. The Kier molecular flexibility index (Phi) is 6.77. The van der Waals surface area contributed by atoms with Crippen LogP contribution in [0, 0.1) is 25.7 Å². The predicted octanol–water partition coefficient (Wildman–Crippen LogP) is 2.34. The lowest BCUT2D eigenvalue weighted by atomic mass is 9.70. The van der Waals surface area contributed by atoms with Gasteiger partial charge in [0.05, 0.1) is 24.5 Å². The highest BCUT2D eigenvalue weighted by molar-refractivity contribution is 6.03. The topological polar surface area (TPSA) is 105 Å². The van der Waals surface area contributed by atoms with Gasteiger partial charge in [0, 0.05) is 18.8 Å². The lowest BCUT2D eigenvalue weighted by molar-refractivity contribution is -0.154. The number of para-hydroxylation sites is 1. The molecule has 0 unspecified atom stereocenters. The number of hydrogen-bond acceptors (Lipinski definition) is 6. The van der Waals surface area contributed by atoms with Gasteiger partial charge in [-0.25, -0.2) is 0 Å². The molecular weight excluding hydrogens is 424 g/mol. The third kappa shape index (κ3) is 3.93. The number of nitrogens with one attached hydrogen (secondary N) is 1. The fraction of sp³-hybridized carbons (Fsp3) is 0.640. The first-order valence-electron chi connectivity index (χ1n) is 12.0. The van der Waals surface area contributed by atoms with Gasteiger partial charge in [-0.3, -0.25) is 14.4 Å². The second-order valence-corrected chi connectivity index (χ2v) is 9.38. The molecule has 1 spiro atoms. The van der Waals surface area contributed by atoms with Crippen molar-refractivity contribution in [2.24, 2.45) is 11.8 Å². The van der Waals surface area contributed by atoms with Crippen molar-refractivity contribution in [3.05, 3.63) is 29.3 Å². The number of anilines is 1. The first-order chi connectivity index (χ1) is 15.9. The fourth-order valence-electron chi connectivity index (χ4n) is 5.97. The lowest BCUT2D eigenvalue weighted by Gasteiger charge is -2.33. The summed E-state index contributed by atoms with van der Waals surface area (Å²) in [5, 5.41) is 12.2. The summed E-state index contributed by atoms with van der Waals surface area (Å²) in [7, 11) is 0. The van der Waals surface area contributed by atoms with Gasteiger partial charge in [0.2, 0.25) is 11.8 Å². The molecule has 3 heterocycles. The molecule has 2 N–H and O–H groups in total. The zero-order valence-electron chi connectivity index (χ0n) is 19.6. The molecule has 0 radical (unpaired) electrons. The lowest BCUT2D eigenvalue weighted by Crippen LogP contribution is -2.53. The highest BCUT2D eigenvalue weighted by Crippen LogP contribution is 2.58. The molecule has 33 heavy (non-hydrogen) atoms. The molecule has 0 aliphatic carbocycles. The summed E-state index contributed by atoms with van der Waals surface area (Å²) >= 11 is 0. The van der Waals surface area contributed by atoms with Crippen LogP contribution < -0.4 is 5.32 Å². The Hall–Kier alpha value is -2.45. The second kappa shape index (κ2) is 9.43. The van der Waals surface area contributed by atoms with Crippen LogP contribution in [0.4, 0.5) is 5.69 Å². The summed E-state index contributed by atoms with van der Waals surface area (Å²) in [5.74, 6) is -2.29. The van der Waals surface area contributed by atoms with Crippen molar-refractivity contribution in [3.63, 3.8) is 0 Å². The van der Waals surface area contributed by atoms with Crippen molar-refractivity contribution in [3.8, 4) is 0 Å². The maximum Gasteiger partial charge on any atom is 0.312 e. The number of carbonyl (C=O) groups is 3. The molecule has 2 amide bonds.